The second-order valence-corrected chi connectivity index (χ2v) is 6.02. The summed E-state index contributed by atoms with van der Waals surface area (Å²) in [5.41, 5.74) is -0.298. The van der Waals surface area contributed by atoms with Gasteiger partial charge in [0.2, 0.25) is 5.91 Å². The van der Waals surface area contributed by atoms with Crippen LogP contribution in [0.2, 0.25) is 0 Å². The van der Waals surface area contributed by atoms with Crippen LogP contribution in [0.4, 0.5) is 0 Å². The number of Topliss-reactive ketones (excluding diaryl/α,β-unsaturated/α-hetero) is 1. The van der Waals surface area contributed by atoms with E-state index in [9.17, 15) is 9.59 Å². The summed E-state index contributed by atoms with van der Waals surface area (Å²) in [5.74, 6) is 0.655. The maximum atomic E-state index is 12.5. The maximum absolute atomic E-state index is 12.5. The average molecular weight is 238 g/mol. The minimum absolute atomic E-state index is 0.132. The van der Waals surface area contributed by atoms with E-state index in [0.29, 0.717) is 19.4 Å². The number of amides is 1. The smallest absolute Gasteiger partial charge is 0.227 e. The molecule has 4 nitrogen and oxygen atoms in total. The highest BCUT2D eigenvalue weighted by Crippen LogP contribution is 2.29. The molecule has 0 radical (unpaired) electrons. The third-order valence-corrected chi connectivity index (χ3v) is 3.98. The van der Waals surface area contributed by atoms with Crippen LogP contribution in [0.25, 0.3) is 0 Å². The normalized spacial score (nSPS) is 29.7. The molecular weight excluding hydrogens is 216 g/mol. The van der Waals surface area contributed by atoms with Crippen LogP contribution < -0.4 is 0 Å². The third-order valence-electron chi connectivity index (χ3n) is 3.98. The van der Waals surface area contributed by atoms with Crippen molar-refractivity contribution in [3.63, 3.8) is 0 Å². The molecule has 96 valence electrons. The first-order chi connectivity index (χ1) is 7.90. The van der Waals surface area contributed by atoms with Gasteiger partial charge in [0.25, 0.3) is 0 Å². The van der Waals surface area contributed by atoms with Crippen LogP contribution in [0.5, 0.6) is 0 Å². The molecule has 0 aromatic heterocycles. The number of nitrogens with zero attached hydrogens (tertiary/aromatic N) is 2. The van der Waals surface area contributed by atoms with E-state index in [2.05, 4.69) is 11.9 Å². The van der Waals surface area contributed by atoms with Crippen molar-refractivity contribution in [3.05, 3.63) is 0 Å². The van der Waals surface area contributed by atoms with Gasteiger partial charge in [-0.05, 0) is 33.9 Å². The second kappa shape index (κ2) is 4.41. The number of piperidine rings is 1. The van der Waals surface area contributed by atoms with Crippen molar-refractivity contribution in [2.75, 3.05) is 26.7 Å². The van der Waals surface area contributed by atoms with Crippen LogP contribution >= 0.6 is 0 Å². The van der Waals surface area contributed by atoms with Gasteiger partial charge in [0, 0.05) is 31.5 Å². The maximum Gasteiger partial charge on any atom is 0.227 e. The fourth-order valence-corrected chi connectivity index (χ4v) is 2.97. The molecule has 2 heterocycles. The monoisotopic (exact) mass is 238 g/mol. The lowest BCUT2D eigenvalue weighted by Gasteiger charge is -2.43. The number of carbonyl (C=O) groups is 2. The average Bonchev–Trinajstić information content (AvgIpc) is 2.62. The van der Waals surface area contributed by atoms with Gasteiger partial charge in [-0.15, -0.1) is 0 Å². The van der Waals surface area contributed by atoms with Gasteiger partial charge in [-0.1, -0.05) is 0 Å². The van der Waals surface area contributed by atoms with Crippen molar-refractivity contribution in [2.24, 2.45) is 5.92 Å². The largest absolute Gasteiger partial charge is 0.336 e. The molecule has 0 aromatic carbocycles. The Balaban J connectivity index is 2.06. The molecule has 2 saturated heterocycles. The first kappa shape index (κ1) is 12.6. The summed E-state index contributed by atoms with van der Waals surface area (Å²) in [4.78, 5) is 28.1. The lowest BCUT2D eigenvalue weighted by molar-refractivity contribution is -0.145. The molecule has 2 fully saturated rings. The van der Waals surface area contributed by atoms with Crippen molar-refractivity contribution >= 4 is 11.7 Å². The lowest BCUT2D eigenvalue weighted by atomic mass is 9.88. The Labute approximate surface area is 103 Å². The fourth-order valence-electron chi connectivity index (χ4n) is 2.97. The van der Waals surface area contributed by atoms with E-state index in [4.69, 9.17) is 0 Å². The summed E-state index contributed by atoms with van der Waals surface area (Å²) < 4.78 is 0. The second-order valence-electron chi connectivity index (χ2n) is 6.02. The summed E-state index contributed by atoms with van der Waals surface area (Å²) in [5, 5.41) is 0. The molecule has 1 unspecified atom stereocenters. The first-order valence-electron chi connectivity index (χ1n) is 6.42. The Morgan fingerprint density at radius 1 is 1.35 bits per heavy atom. The van der Waals surface area contributed by atoms with Gasteiger partial charge in [-0.3, -0.25) is 9.59 Å². The topological polar surface area (TPSA) is 40.6 Å². The van der Waals surface area contributed by atoms with Gasteiger partial charge in [-0.25, -0.2) is 0 Å². The molecule has 0 spiro atoms. The van der Waals surface area contributed by atoms with Crippen molar-refractivity contribution in [1.82, 2.24) is 9.80 Å². The van der Waals surface area contributed by atoms with Gasteiger partial charge in [0.05, 0.1) is 5.92 Å². The van der Waals surface area contributed by atoms with Crippen molar-refractivity contribution < 1.29 is 9.59 Å². The highest BCUT2D eigenvalue weighted by Gasteiger charge is 2.40. The van der Waals surface area contributed by atoms with Gasteiger partial charge < -0.3 is 9.80 Å². The van der Waals surface area contributed by atoms with E-state index >= 15 is 0 Å². The van der Waals surface area contributed by atoms with Crippen molar-refractivity contribution in [3.8, 4) is 0 Å². The van der Waals surface area contributed by atoms with Crippen LogP contribution in [0.1, 0.15) is 33.1 Å². The van der Waals surface area contributed by atoms with E-state index in [0.717, 1.165) is 19.5 Å². The SMILES string of the molecule is CN1CCC(C(=O)N2CCC(=O)CC2(C)C)C1. The van der Waals surface area contributed by atoms with E-state index in [1.54, 1.807) is 0 Å². The Kier molecular flexibility index (Phi) is 3.25. The number of carbonyl (C=O) groups excluding carboxylic acids is 2. The molecule has 1 amide bonds. The van der Waals surface area contributed by atoms with Crippen LogP contribution in [0.3, 0.4) is 0 Å². The number of rotatable bonds is 1. The predicted molar refractivity (Wildman–Crippen MR) is 65.6 cm³/mol. The highest BCUT2D eigenvalue weighted by molar-refractivity contribution is 5.86. The number of hydrogen-bond donors (Lipinski definition) is 0. The molecule has 2 aliphatic heterocycles. The molecule has 17 heavy (non-hydrogen) atoms. The van der Waals surface area contributed by atoms with Crippen LogP contribution in [-0.4, -0.2) is 53.7 Å². The van der Waals surface area contributed by atoms with Crippen molar-refractivity contribution in [2.45, 2.75) is 38.6 Å². The lowest BCUT2D eigenvalue weighted by Crippen LogP contribution is -2.55. The summed E-state index contributed by atoms with van der Waals surface area (Å²) in [6.45, 7) is 6.47. The summed E-state index contributed by atoms with van der Waals surface area (Å²) >= 11 is 0. The summed E-state index contributed by atoms with van der Waals surface area (Å²) in [6.07, 6.45) is 1.98. The number of likely N-dealkylation sites (tertiary alicyclic amines) is 2. The predicted octanol–water partition coefficient (Wildman–Crippen LogP) is 0.908. The Morgan fingerprint density at radius 3 is 2.59 bits per heavy atom. The number of hydrogen-bond acceptors (Lipinski definition) is 3. The summed E-state index contributed by atoms with van der Waals surface area (Å²) in [7, 11) is 2.05. The van der Waals surface area contributed by atoms with Crippen LogP contribution in [0.15, 0.2) is 0 Å². The van der Waals surface area contributed by atoms with Gasteiger partial charge in [0.15, 0.2) is 0 Å². The molecule has 0 aliphatic carbocycles. The molecule has 0 N–H and O–H groups in total. The highest BCUT2D eigenvalue weighted by atomic mass is 16.2. The van der Waals surface area contributed by atoms with Crippen LogP contribution in [-0.2, 0) is 9.59 Å². The molecule has 4 heteroatoms. The van der Waals surface area contributed by atoms with Gasteiger partial charge >= 0.3 is 0 Å². The van der Waals surface area contributed by atoms with E-state index in [1.807, 2.05) is 18.7 Å². The molecule has 0 aromatic rings. The molecule has 2 rings (SSSR count). The Bertz CT molecular complexity index is 338. The standard InChI is InChI=1S/C13H22N2O2/c1-13(2)8-11(16)5-7-15(13)12(17)10-4-6-14(3)9-10/h10H,4-9H2,1-3H3. The molecule has 1 atom stereocenters. The summed E-state index contributed by atoms with van der Waals surface area (Å²) in [6, 6.07) is 0. The van der Waals surface area contributed by atoms with Gasteiger partial charge in [0.1, 0.15) is 5.78 Å². The fraction of sp³-hybridized carbons (Fsp3) is 0.846. The molecular formula is C13H22N2O2. The zero-order chi connectivity index (χ0) is 12.6. The zero-order valence-corrected chi connectivity index (χ0v) is 11.0. The Morgan fingerprint density at radius 2 is 2.06 bits per heavy atom. The Hall–Kier alpha value is -0.900. The minimum Gasteiger partial charge on any atom is -0.336 e. The molecule has 0 saturated carbocycles. The van der Waals surface area contributed by atoms with E-state index in [1.165, 1.54) is 0 Å². The zero-order valence-electron chi connectivity index (χ0n) is 11.0. The van der Waals surface area contributed by atoms with Crippen molar-refractivity contribution in [1.29, 1.82) is 0 Å². The van der Waals surface area contributed by atoms with E-state index < -0.39 is 0 Å². The van der Waals surface area contributed by atoms with E-state index in [-0.39, 0.29) is 23.1 Å². The minimum atomic E-state index is -0.298. The first-order valence-corrected chi connectivity index (χ1v) is 6.42. The number of ketones is 1. The quantitative estimate of drug-likeness (QED) is 0.681. The van der Waals surface area contributed by atoms with Crippen LogP contribution in [0, 0.1) is 5.92 Å². The third kappa shape index (κ3) is 2.51. The molecule has 0 bridgehead atoms. The van der Waals surface area contributed by atoms with Gasteiger partial charge in [-0.2, -0.15) is 0 Å². The molecule has 2 aliphatic rings.